The summed E-state index contributed by atoms with van der Waals surface area (Å²) in [5, 5.41) is 15.9. The molecule has 3 N–H and O–H groups in total. The van der Waals surface area contributed by atoms with Crippen molar-refractivity contribution in [3.63, 3.8) is 0 Å². The molecular weight excluding hydrogens is 190 g/mol. The zero-order valence-electron chi connectivity index (χ0n) is 4.80. The van der Waals surface area contributed by atoms with Crippen molar-refractivity contribution in [3.05, 3.63) is 5.73 Å². The standard InChI is InChI=1S/C4H6NO4.Cu/c5-2(4(8)9)1-3(6)7;/h2,5H,1H2,(H,6,7)(H,8,9);/q-1;+1/t2-;/m1./s1. The molecule has 0 unspecified atom stereocenters. The third kappa shape index (κ3) is 5.55. The molecule has 62 valence electrons. The van der Waals surface area contributed by atoms with Crippen LogP contribution < -0.4 is 0 Å². The Labute approximate surface area is 67.7 Å². The summed E-state index contributed by atoms with van der Waals surface area (Å²) in [4.78, 5) is 19.5. The minimum Gasteiger partial charge on any atom is -0.665 e. The Bertz CT molecular complexity index is 137. The first-order valence-electron chi connectivity index (χ1n) is 2.19. The van der Waals surface area contributed by atoms with E-state index in [-0.39, 0.29) is 17.1 Å². The summed E-state index contributed by atoms with van der Waals surface area (Å²) in [5.41, 5.74) is 6.58. The van der Waals surface area contributed by atoms with Crippen LogP contribution in [0, 0.1) is 0 Å². The largest absolute Gasteiger partial charge is 1.00 e. The monoisotopic (exact) mass is 195 g/mol. The number of carboxylic acid groups (broad SMARTS) is 2. The maximum atomic E-state index is 9.78. The van der Waals surface area contributed by atoms with Gasteiger partial charge in [-0.25, -0.2) is 0 Å². The van der Waals surface area contributed by atoms with Crippen molar-refractivity contribution >= 4 is 11.9 Å². The van der Waals surface area contributed by atoms with Gasteiger partial charge in [0.25, 0.3) is 5.97 Å². The van der Waals surface area contributed by atoms with E-state index in [4.69, 9.17) is 15.9 Å². The molecule has 0 radical (unpaired) electrons. The van der Waals surface area contributed by atoms with Crippen molar-refractivity contribution < 1.29 is 36.9 Å². The van der Waals surface area contributed by atoms with Crippen LogP contribution in [0.15, 0.2) is 0 Å². The number of nitrogens with one attached hydrogen (secondary N) is 1. The number of rotatable bonds is 3. The average Bonchev–Trinajstić information content (AvgIpc) is 1.63. The summed E-state index contributed by atoms with van der Waals surface area (Å²) in [5.74, 6) is -2.67. The van der Waals surface area contributed by atoms with E-state index in [2.05, 4.69) is 0 Å². The first-order chi connectivity index (χ1) is 4.04. The Hall–Kier alpha value is -0.581. The van der Waals surface area contributed by atoms with Gasteiger partial charge in [-0.15, -0.1) is 0 Å². The zero-order valence-corrected chi connectivity index (χ0v) is 5.74. The summed E-state index contributed by atoms with van der Waals surface area (Å²) in [7, 11) is 0. The SMILES string of the molecule is [Cu+].[NH-][C@H](CC(=O)O)C(=O)O. The van der Waals surface area contributed by atoms with Crippen LogP contribution in [0.1, 0.15) is 6.42 Å². The van der Waals surface area contributed by atoms with Gasteiger partial charge >= 0.3 is 23.0 Å². The molecule has 0 saturated carbocycles. The van der Waals surface area contributed by atoms with E-state index < -0.39 is 24.4 Å². The fourth-order valence-corrected chi connectivity index (χ4v) is 0.262. The maximum Gasteiger partial charge on any atom is 1.00 e. The molecule has 0 spiro atoms. The third-order valence-electron chi connectivity index (χ3n) is 0.677. The van der Waals surface area contributed by atoms with Gasteiger partial charge in [-0.1, -0.05) is 0 Å². The third-order valence-corrected chi connectivity index (χ3v) is 0.677. The van der Waals surface area contributed by atoms with Crippen LogP contribution in [0.5, 0.6) is 0 Å². The van der Waals surface area contributed by atoms with Crippen molar-refractivity contribution in [2.75, 3.05) is 0 Å². The Kier molecular flexibility index (Phi) is 6.34. The number of hydrogen-bond acceptors (Lipinski definition) is 2. The van der Waals surface area contributed by atoms with Crippen molar-refractivity contribution in [2.24, 2.45) is 0 Å². The van der Waals surface area contributed by atoms with Gasteiger partial charge < -0.3 is 15.9 Å². The first kappa shape index (κ1) is 12.1. The van der Waals surface area contributed by atoms with E-state index in [0.29, 0.717) is 0 Å². The molecule has 0 amide bonds. The van der Waals surface area contributed by atoms with Crippen LogP contribution in [0.2, 0.25) is 0 Å². The van der Waals surface area contributed by atoms with Gasteiger partial charge in [-0.3, -0.25) is 9.59 Å². The van der Waals surface area contributed by atoms with Gasteiger partial charge in [-0.05, 0) is 6.04 Å². The first-order valence-corrected chi connectivity index (χ1v) is 2.19. The van der Waals surface area contributed by atoms with E-state index in [9.17, 15) is 9.59 Å². The van der Waals surface area contributed by atoms with Crippen LogP contribution in [0.3, 0.4) is 0 Å². The molecule has 0 bridgehead atoms. The second-order valence-corrected chi connectivity index (χ2v) is 1.49. The summed E-state index contributed by atoms with van der Waals surface area (Å²) < 4.78 is 0. The minimum atomic E-state index is -1.54. The molecule has 0 fully saturated rings. The fraction of sp³-hybridized carbons (Fsp3) is 0.500. The summed E-state index contributed by atoms with van der Waals surface area (Å²) in [6.07, 6.45) is -0.644. The van der Waals surface area contributed by atoms with Gasteiger partial charge in [0.2, 0.25) is 0 Å². The summed E-state index contributed by atoms with van der Waals surface area (Å²) >= 11 is 0. The molecule has 0 aliphatic carbocycles. The van der Waals surface area contributed by atoms with Crippen molar-refractivity contribution in [3.8, 4) is 0 Å². The fourth-order valence-electron chi connectivity index (χ4n) is 0.262. The topological polar surface area (TPSA) is 98.4 Å². The molecule has 0 aliphatic rings. The van der Waals surface area contributed by atoms with Crippen LogP contribution >= 0.6 is 0 Å². The van der Waals surface area contributed by atoms with Crippen molar-refractivity contribution in [2.45, 2.75) is 12.5 Å². The van der Waals surface area contributed by atoms with E-state index in [1.165, 1.54) is 0 Å². The van der Waals surface area contributed by atoms with Crippen molar-refractivity contribution in [1.82, 2.24) is 0 Å². The van der Waals surface area contributed by atoms with E-state index >= 15 is 0 Å². The Morgan fingerprint density at radius 1 is 1.40 bits per heavy atom. The van der Waals surface area contributed by atoms with E-state index in [0.717, 1.165) is 0 Å². The van der Waals surface area contributed by atoms with Gasteiger partial charge in [-0.2, -0.15) is 0 Å². The average molecular weight is 196 g/mol. The maximum absolute atomic E-state index is 9.78. The van der Waals surface area contributed by atoms with Gasteiger partial charge in [0, 0.05) is 6.42 Å². The zero-order chi connectivity index (χ0) is 7.44. The molecule has 0 aliphatic heterocycles. The van der Waals surface area contributed by atoms with Gasteiger partial charge in [0.1, 0.15) is 0 Å². The number of aliphatic carboxylic acids is 2. The van der Waals surface area contributed by atoms with Gasteiger partial charge in [0.05, 0.1) is 0 Å². The summed E-state index contributed by atoms with van der Waals surface area (Å²) in [6.45, 7) is 0. The predicted octanol–water partition coefficient (Wildman–Crippen LogP) is -0.0360. The van der Waals surface area contributed by atoms with Crippen LogP contribution in [0.4, 0.5) is 0 Å². The Morgan fingerprint density at radius 3 is 1.90 bits per heavy atom. The van der Waals surface area contributed by atoms with E-state index in [1.807, 2.05) is 0 Å². The van der Waals surface area contributed by atoms with E-state index in [1.54, 1.807) is 0 Å². The van der Waals surface area contributed by atoms with Crippen LogP contribution in [0.25, 0.3) is 5.73 Å². The second kappa shape index (κ2) is 5.22. The molecule has 0 saturated heterocycles. The number of hydrogen-bond donors (Lipinski definition) is 2. The molecule has 1 atom stereocenters. The number of carbonyl (C=O) groups is 2. The summed E-state index contributed by atoms with van der Waals surface area (Å²) in [6, 6.07) is -1.54. The normalized spacial score (nSPS) is 11.3. The van der Waals surface area contributed by atoms with Crippen molar-refractivity contribution in [1.29, 1.82) is 0 Å². The molecular formula is C4H6CuNO4. The molecule has 5 nitrogen and oxygen atoms in total. The molecule has 0 aromatic heterocycles. The van der Waals surface area contributed by atoms with Gasteiger partial charge in [0.15, 0.2) is 0 Å². The predicted molar refractivity (Wildman–Crippen MR) is 28.0 cm³/mol. The minimum absolute atomic E-state index is 0. The Morgan fingerprint density at radius 2 is 1.80 bits per heavy atom. The molecule has 10 heavy (non-hydrogen) atoms. The number of carboxylic acids is 2. The van der Waals surface area contributed by atoms with Crippen LogP contribution in [-0.2, 0) is 26.7 Å². The Balaban J connectivity index is 0. The molecule has 0 aromatic rings. The second-order valence-electron chi connectivity index (χ2n) is 1.49. The molecule has 0 rings (SSSR count). The quantitative estimate of drug-likeness (QED) is 0.618. The molecule has 6 heteroatoms. The smallest absolute Gasteiger partial charge is 0.665 e. The molecule has 0 aromatic carbocycles. The molecule has 0 heterocycles. The van der Waals surface area contributed by atoms with Crippen LogP contribution in [-0.4, -0.2) is 28.2 Å².